The van der Waals surface area contributed by atoms with E-state index in [9.17, 15) is 19.5 Å². The van der Waals surface area contributed by atoms with Crippen LogP contribution in [0, 0.1) is 17.8 Å². The van der Waals surface area contributed by atoms with E-state index in [0.29, 0.717) is 45.3 Å². The second-order valence-corrected chi connectivity index (χ2v) is 11.8. The average Bonchev–Trinajstić information content (AvgIpc) is 3.49. The smallest absolute Gasteiger partial charge is 0.248 e. The van der Waals surface area contributed by atoms with Crippen LogP contribution in [0.15, 0.2) is 25.3 Å². The van der Waals surface area contributed by atoms with Gasteiger partial charge in [0.15, 0.2) is 0 Å². The largest absolute Gasteiger partial charge is 0.394 e. The highest BCUT2D eigenvalue weighted by Gasteiger charge is 2.79. The third-order valence-corrected chi connectivity index (χ3v) is 8.94. The molecule has 3 heterocycles. The summed E-state index contributed by atoms with van der Waals surface area (Å²) in [4.78, 5) is 47.7. The van der Waals surface area contributed by atoms with Gasteiger partial charge in [0.05, 0.1) is 30.1 Å². The van der Waals surface area contributed by atoms with Crippen molar-refractivity contribution in [1.82, 2.24) is 14.7 Å². The number of hydrogen-bond acceptors (Lipinski definition) is 5. The Bertz CT molecular complexity index is 906. The minimum Gasteiger partial charge on any atom is -0.394 e. The molecule has 38 heavy (non-hydrogen) atoms. The number of nitrogens with zero attached hydrogens (tertiary/aromatic N) is 3. The Labute approximate surface area is 229 Å². The number of amides is 3. The molecule has 2 unspecified atom stereocenters. The third kappa shape index (κ3) is 5.06. The van der Waals surface area contributed by atoms with E-state index < -0.39 is 35.1 Å². The SMILES string of the molecule is C=CCN(C)C(=O)[C@H]1[C@H]2C(=O)N([C@@H](CO)CC(C)C)C(C(=O)N(CC=C)CCCCC)C23CC[C@]1(CC)O3. The number of carbonyl (C=O) groups excluding carboxylic acids is 3. The maximum atomic E-state index is 14.4. The summed E-state index contributed by atoms with van der Waals surface area (Å²) in [6.07, 6.45) is 8.57. The van der Waals surface area contributed by atoms with Gasteiger partial charge < -0.3 is 24.5 Å². The van der Waals surface area contributed by atoms with Crippen LogP contribution >= 0.6 is 0 Å². The first-order valence-electron chi connectivity index (χ1n) is 14.5. The van der Waals surface area contributed by atoms with Gasteiger partial charge in [-0.2, -0.15) is 0 Å². The molecule has 3 aliphatic heterocycles. The summed E-state index contributed by atoms with van der Waals surface area (Å²) < 4.78 is 6.88. The Balaban J connectivity index is 2.13. The van der Waals surface area contributed by atoms with E-state index in [-0.39, 0.29) is 30.2 Å². The number of fused-ring (bicyclic) bond motifs is 1. The van der Waals surface area contributed by atoms with Crippen molar-refractivity contribution in [2.24, 2.45) is 17.8 Å². The number of carbonyl (C=O) groups is 3. The standard InChI is InChI=1S/C30H49N3O5/c1-8-12-13-18-32(17-10-3)28(37)25-30-15-14-29(11-4,38-30)23(26(35)31(7)16-9-2)24(30)27(36)33(25)22(20-34)19-21(5)6/h9-10,21-25,34H,2-3,8,11-20H2,1,4-7H3/t22-,23-,24+,25?,29+,30?/m1/s1. The number of aliphatic hydroxyl groups is 1. The molecule has 3 fully saturated rings. The van der Waals surface area contributed by atoms with Crippen molar-refractivity contribution in [3.8, 4) is 0 Å². The van der Waals surface area contributed by atoms with Crippen LogP contribution in [0.25, 0.3) is 0 Å². The zero-order chi connectivity index (χ0) is 28.3. The van der Waals surface area contributed by atoms with Crippen LogP contribution in [0.2, 0.25) is 0 Å². The number of likely N-dealkylation sites (tertiary alicyclic amines) is 1. The molecule has 214 valence electrons. The van der Waals surface area contributed by atoms with Gasteiger partial charge in [0.2, 0.25) is 17.7 Å². The van der Waals surface area contributed by atoms with E-state index in [2.05, 4.69) is 20.1 Å². The fourth-order valence-electron chi connectivity index (χ4n) is 7.22. The van der Waals surface area contributed by atoms with Gasteiger partial charge in [0.1, 0.15) is 11.6 Å². The van der Waals surface area contributed by atoms with E-state index in [1.165, 1.54) is 0 Å². The molecule has 0 aromatic rings. The van der Waals surface area contributed by atoms with Crippen LogP contribution in [0.4, 0.5) is 0 Å². The Kier molecular flexibility index (Phi) is 9.85. The highest BCUT2D eigenvalue weighted by Crippen LogP contribution is 2.65. The second-order valence-electron chi connectivity index (χ2n) is 11.8. The lowest BCUT2D eigenvalue weighted by Crippen LogP contribution is -2.59. The third-order valence-electron chi connectivity index (χ3n) is 8.94. The first-order chi connectivity index (χ1) is 18.1. The van der Waals surface area contributed by atoms with Gasteiger partial charge in [-0.15, -0.1) is 13.2 Å². The van der Waals surface area contributed by atoms with Gasteiger partial charge in [0.25, 0.3) is 0 Å². The molecule has 0 radical (unpaired) electrons. The summed E-state index contributed by atoms with van der Waals surface area (Å²) in [5.74, 6) is -1.78. The fraction of sp³-hybridized carbons (Fsp3) is 0.767. The van der Waals surface area contributed by atoms with Crippen LogP contribution in [0.1, 0.15) is 72.6 Å². The Morgan fingerprint density at radius 1 is 1.16 bits per heavy atom. The summed E-state index contributed by atoms with van der Waals surface area (Å²) in [6.45, 7) is 16.9. The molecular weight excluding hydrogens is 482 g/mol. The van der Waals surface area contributed by atoms with Crippen LogP contribution < -0.4 is 0 Å². The number of ether oxygens (including phenoxy) is 1. The van der Waals surface area contributed by atoms with Crippen molar-refractivity contribution in [3.63, 3.8) is 0 Å². The normalized spacial score (nSPS) is 30.4. The van der Waals surface area contributed by atoms with Crippen LogP contribution in [0.3, 0.4) is 0 Å². The van der Waals surface area contributed by atoms with E-state index >= 15 is 0 Å². The predicted octanol–water partition coefficient (Wildman–Crippen LogP) is 3.40. The van der Waals surface area contributed by atoms with Crippen molar-refractivity contribution in [2.45, 2.75) is 95.9 Å². The van der Waals surface area contributed by atoms with Gasteiger partial charge in [-0.05, 0) is 38.0 Å². The molecule has 1 N–H and O–H groups in total. The summed E-state index contributed by atoms with van der Waals surface area (Å²) in [5, 5.41) is 10.5. The number of likely N-dealkylation sites (N-methyl/N-ethyl adjacent to an activating group) is 1. The van der Waals surface area contributed by atoms with Crippen molar-refractivity contribution >= 4 is 17.7 Å². The van der Waals surface area contributed by atoms with Crippen LogP contribution in [-0.2, 0) is 19.1 Å². The van der Waals surface area contributed by atoms with E-state index in [1.54, 1.807) is 33.9 Å². The molecule has 0 saturated carbocycles. The molecular formula is C30H49N3O5. The summed E-state index contributed by atoms with van der Waals surface area (Å²) >= 11 is 0. The molecule has 3 aliphatic rings. The molecule has 3 amide bonds. The summed E-state index contributed by atoms with van der Waals surface area (Å²) in [7, 11) is 1.72. The van der Waals surface area contributed by atoms with Crippen molar-refractivity contribution in [2.75, 3.05) is 33.3 Å². The van der Waals surface area contributed by atoms with Gasteiger partial charge in [-0.1, -0.05) is 52.7 Å². The predicted molar refractivity (Wildman–Crippen MR) is 148 cm³/mol. The van der Waals surface area contributed by atoms with Crippen molar-refractivity contribution in [3.05, 3.63) is 25.3 Å². The van der Waals surface area contributed by atoms with E-state index in [1.807, 2.05) is 20.8 Å². The molecule has 0 aliphatic carbocycles. The lowest BCUT2D eigenvalue weighted by atomic mass is 9.64. The Hall–Kier alpha value is -2.19. The minimum absolute atomic E-state index is 0.143. The van der Waals surface area contributed by atoms with Gasteiger partial charge in [0, 0.05) is 26.7 Å². The number of unbranched alkanes of at least 4 members (excludes halogenated alkanes) is 2. The van der Waals surface area contributed by atoms with Gasteiger partial charge in [-0.3, -0.25) is 14.4 Å². The van der Waals surface area contributed by atoms with Gasteiger partial charge >= 0.3 is 0 Å². The number of rotatable bonds is 15. The maximum absolute atomic E-state index is 14.4. The summed E-state index contributed by atoms with van der Waals surface area (Å²) in [5.41, 5.74) is -1.87. The van der Waals surface area contributed by atoms with Crippen molar-refractivity contribution in [1.29, 1.82) is 0 Å². The number of hydrogen-bond donors (Lipinski definition) is 1. The molecule has 3 saturated heterocycles. The fourth-order valence-corrected chi connectivity index (χ4v) is 7.22. The van der Waals surface area contributed by atoms with Crippen LogP contribution in [-0.4, -0.2) is 94.1 Å². The zero-order valence-corrected chi connectivity index (χ0v) is 24.2. The molecule has 6 atom stereocenters. The molecule has 1 spiro atoms. The van der Waals surface area contributed by atoms with E-state index in [4.69, 9.17) is 4.74 Å². The van der Waals surface area contributed by atoms with Crippen LogP contribution in [0.5, 0.6) is 0 Å². The second kappa shape index (κ2) is 12.3. The Morgan fingerprint density at radius 2 is 1.84 bits per heavy atom. The highest BCUT2D eigenvalue weighted by molar-refractivity contribution is 5.99. The monoisotopic (exact) mass is 531 g/mol. The average molecular weight is 532 g/mol. The van der Waals surface area contributed by atoms with Gasteiger partial charge in [-0.25, -0.2) is 0 Å². The van der Waals surface area contributed by atoms with E-state index in [0.717, 1.165) is 19.3 Å². The molecule has 0 aromatic carbocycles. The maximum Gasteiger partial charge on any atom is 0.248 e. The molecule has 8 nitrogen and oxygen atoms in total. The molecule has 8 heteroatoms. The quantitative estimate of drug-likeness (QED) is 0.258. The minimum atomic E-state index is -1.09. The first-order valence-corrected chi connectivity index (χ1v) is 14.5. The topological polar surface area (TPSA) is 90.4 Å². The molecule has 0 aromatic heterocycles. The first kappa shape index (κ1) is 30.4. The Morgan fingerprint density at radius 3 is 2.39 bits per heavy atom. The number of aliphatic hydroxyl groups excluding tert-OH is 1. The molecule has 3 rings (SSSR count). The zero-order valence-electron chi connectivity index (χ0n) is 24.2. The van der Waals surface area contributed by atoms with Crippen molar-refractivity contribution < 1.29 is 24.2 Å². The lowest BCUT2D eigenvalue weighted by molar-refractivity contribution is -0.158. The molecule has 2 bridgehead atoms. The lowest BCUT2D eigenvalue weighted by Gasteiger charge is -2.40. The highest BCUT2D eigenvalue weighted by atomic mass is 16.5. The summed E-state index contributed by atoms with van der Waals surface area (Å²) in [6, 6.07) is -1.41.